The monoisotopic (exact) mass is 345 g/mol. The highest BCUT2D eigenvalue weighted by Crippen LogP contribution is 2.33. The highest BCUT2D eigenvalue weighted by Gasteiger charge is 2.32. The Balaban J connectivity index is 3.30. The molecule has 0 radical (unpaired) electrons. The molecule has 0 aliphatic rings. The normalized spacial score (nSPS) is 14.5. The molecule has 1 rings (SSSR count). The van der Waals surface area contributed by atoms with E-state index < -0.39 is 21.7 Å². The summed E-state index contributed by atoms with van der Waals surface area (Å²) in [5.41, 5.74) is -1.06. The van der Waals surface area contributed by atoms with E-state index in [1.54, 1.807) is 13.8 Å². The second-order valence-electron chi connectivity index (χ2n) is 4.70. The van der Waals surface area contributed by atoms with Crippen LogP contribution >= 0.6 is 34.8 Å². The van der Waals surface area contributed by atoms with Gasteiger partial charge in [0.25, 0.3) is 0 Å². The molecular formula is C11H14Cl3NO3S. The summed E-state index contributed by atoms with van der Waals surface area (Å²) in [5.74, 6) is 0. The highest BCUT2D eigenvalue weighted by molar-refractivity contribution is 7.89. The van der Waals surface area contributed by atoms with Crippen LogP contribution in [-0.2, 0) is 10.0 Å². The Labute approximate surface area is 127 Å². The molecule has 4 nitrogen and oxygen atoms in total. The summed E-state index contributed by atoms with van der Waals surface area (Å²) >= 11 is 17.5. The van der Waals surface area contributed by atoms with Crippen LogP contribution in [0.25, 0.3) is 0 Å². The summed E-state index contributed by atoms with van der Waals surface area (Å²) in [6.07, 6.45) is -0.896. The molecule has 0 spiro atoms. The lowest BCUT2D eigenvalue weighted by molar-refractivity contribution is 0.111. The fourth-order valence-electron chi connectivity index (χ4n) is 1.27. The first-order valence-electron chi connectivity index (χ1n) is 5.34. The van der Waals surface area contributed by atoms with Gasteiger partial charge in [-0.1, -0.05) is 34.8 Å². The Morgan fingerprint density at radius 3 is 2.00 bits per heavy atom. The van der Waals surface area contributed by atoms with Gasteiger partial charge in [0.15, 0.2) is 0 Å². The van der Waals surface area contributed by atoms with Gasteiger partial charge in [-0.25, -0.2) is 13.1 Å². The number of benzene rings is 1. The molecule has 1 unspecified atom stereocenters. The van der Waals surface area contributed by atoms with E-state index in [0.717, 1.165) is 0 Å². The van der Waals surface area contributed by atoms with Crippen LogP contribution in [0.1, 0.15) is 20.8 Å². The van der Waals surface area contributed by atoms with Crippen molar-refractivity contribution in [3.8, 4) is 0 Å². The summed E-state index contributed by atoms with van der Waals surface area (Å²) < 4.78 is 26.9. The van der Waals surface area contributed by atoms with Gasteiger partial charge in [0.2, 0.25) is 10.0 Å². The maximum atomic E-state index is 12.3. The van der Waals surface area contributed by atoms with Crippen molar-refractivity contribution in [3.05, 3.63) is 27.2 Å². The van der Waals surface area contributed by atoms with Crippen LogP contribution in [0, 0.1) is 0 Å². The van der Waals surface area contributed by atoms with E-state index >= 15 is 0 Å². The second-order valence-corrected chi connectivity index (χ2v) is 7.57. The molecule has 8 heteroatoms. The number of halogens is 3. The lowest BCUT2D eigenvalue weighted by Gasteiger charge is -2.29. The highest BCUT2D eigenvalue weighted by atomic mass is 35.5. The van der Waals surface area contributed by atoms with Gasteiger partial charge in [0, 0.05) is 5.02 Å². The van der Waals surface area contributed by atoms with E-state index in [9.17, 15) is 13.5 Å². The first-order chi connectivity index (χ1) is 8.47. The van der Waals surface area contributed by atoms with Crippen molar-refractivity contribution in [2.24, 2.45) is 0 Å². The van der Waals surface area contributed by atoms with Gasteiger partial charge in [0.1, 0.15) is 4.90 Å². The predicted molar refractivity (Wildman–Crippen MR) is 77.6 cm³/mol. The van der Waals surface area contributed by atoms with Crippen molar-refractivity contribution < 1.29 is 13.5 Å². The number of hydrogen-bond acceptors (Lipinski definition) is 3. The quantitative estimate of drug-likeness (QED) is 0.880. The Kier molecular flexibility index (Phi) is 5.15. The van der Waals surface area contributed by atoms with Gasteiger partial charge in [-0.2, -0.15) is 0 Å². The van der Waals surface area contributed by atoms with E-state index in [-0.39, 0.29) is 20.0 Å². The van der Waals surface area contributed by atoms with E-state index in [1.165, 1.54) is 19.1 Å². The number of hydrogen-bond donors (Lipinski definition) is 2. The van der Waals surface area contributed by atoms with Gasteiger partial charge >= 0.3 is 0 Å². The molecule has 0 aliphatic heterocycles. The van der Waals surface area contributed by atoms with Crippen molar-refractivity contribution in [2.75, 3.05) is 0 Å². The second kappa shape index (κ2) is 5.76. The number of sulfonamides is 1. The molecule has 19 heavy (non-hydrogen) atoms. The first kappa shape index (κ1) is 17.0. The van der Waals surface area contributed by atoms with Crippen LogP contribution in [0.4, 0.5) is 0 Å². The molecule has 0 heterocycles. The van der Waals surface area contributed by atoms with Crippen LogP contribution in [0.5, 0.6) is 0 Å². The topological polar surface area (TPSA) is 66.4 Å². The number of aliphatic hydroxyl groups is 1. The Bertz CT molecular complexity index is 562. The molecule has 0 saturated carbocycles. The van der Waals surface area contributed by atoms with Gasteiger partial charge < -0.3 is 5.11 Å². The summed E-state index contributed by atoms with van der Waals surface area (Å²) in [5, 5.41) is 9.64. The van der Waals surface area contributed by atoms with Crippen molar-refractivity contribution >= 4 is 44.8 Å². The largest absolute Gasteiger partial charge is 0.391 e. The minimum Gasteiger partial charge on any atom is -0.391 e. The molecule has 0 fully saturated rings. The van der Waals surface area contributed by atoms with E-state index in [1.807, 2.05) is 0 Å². The summed E-state index contributed by atoms with van der Waals surface area (Å²) in [7, 11) is -3.97. The van der Waals surface area contributed by atoms with Crippen LogP contribution in [0.2, 0.25) is 15.1 Å². The maximum absolute atomic E-state index is 12.3. The van der Waals surface area contributed by atoms with Crippen molar-refractivity contribution in [3.63, 3.8) is 0 Å². The minimum absolute atomic E-state index is 0.0774. The van der Waals surface area contributed by atoms with E-state index in [2.05, 4.69) is 4.72 Å². The third-order valence-corrected chi connectivity index (χ3v) is 5.48. The van der Waals surface area contributed by atoms with Crippen LogP contribution in [-0.4, -0.2) is 25.2 Å². The molecule has 108 valence electrons. The summed E-state index contributed by atoms with van der Waals surface area (Å²) in [6.45, 7) is 4.58. The number of nitrogens with one attached hydrogen (secondary N) is 1. The van der Waals surface area contributed by atoms with Crippen molar-refractivity contribution in [1.82, 2.24) is 4.72 Å². The molecule has 2 N–H and O–H groups in total. The lowest BCUT2D eigenvalue weighted by atomic mass is 10.0. The standard InChI is InChI=1S/C11H14Cl3NO3S/c1-6(16)11(2,3)15-19(17,18)10-8(13)4-7(12)5-9(10)14/h4-6,15-16H,1-3H3. The zero-order valence-electron chi connectivity index (χ0n) is 10.5. The lowest BCUT2D eigenvalue weighted by Crippen LogP contribution is -2.50. The number of aliphatic hydroxyl groups excluding tert-OH is 1. The Morgan fingerprint density at radius 2 is 1.63 bits per heavy atom. The third-order valence-electron chi connectivity index (χ3n) is 2.67. The van der Waals surface area contributed by atoms with Crippen LogP contribution in [0.3, 0.4) is 0 Å². The third kappa shape index (κ3) is 3.97. The van der Waals surface area contributed by atoms with Gasteiger partial charge in [-0.05, 0) is 32.9 Å². The van der Waals surface area contributed by atoms with Crippen molar-refractivity contribution in [2.45, 2.75) is 37.3 Å². The molecule has 0 aliphatic carbocycles. The molecule has 0 amide bonds. The van der Waals surface area contributed by atoms with Gasteiger partial charge in [-0.3, -0.25) is 0 Å². The van der Waals surface area contributed by atoms with Crippen LogP contribution in [0.15, 0.2) is 17.0 Å². The first-order valence-corrected chi connectivity index (χ1v) is 7.95. The zero-order chi connectivity index (χ0) is 15.0. The SMILES string of the molecule is CC(O)C(C)(C)NS(=O)(=O)c1c(Cl)cc(Cl)cc1Cl. The molecule has 0 saturated heterocycles. The average molecular weight is 347 g/mol. The molecular weight excluding hydrogens is 333 g/mol. The molecule has 0 aromatic heterocycles. The fourth-order valence-corrected chi connectivity index (χ4v) is 4.29. The minimum atomic E-state index is -3.97. The molecule has 1 aromatic rings. The number of rotatable bonds is 4. The fraction of sp³-hybridized carbons (Fsp3) is 0.455. The molecule has 0 bridgehead atoms. The average Bonchev–Trinajstić information content (AvgIpc) is 2.12. The predicted octanol–water partition coefficient (Wildman–Crippen LogP) is 3.08. The van der Waals surface area contributed by atoms with Gasteiger partial charge in [-0.15, -0.1) is 0 Å². The summed E-state index contributed by atoms with van der Waals surface area (Å²) in [4.78, 5) is -0.256. The maximum Gasteiger partial charge on any atom is 0.244 e. The Morgan fingerprint density at radius 1 is 1.21 bits per heavy atom. The van der Waals surface area contributed by atoms with Crippen molar-refractivity contribution in [1.29, 1.82) is 0 Å². The molecule has 1 atom stereocenters. The van der Waals surface area contributed by atoms with Crippen LogP contribution < -0.4 is 4.72 Å². The smallest absolute Gasteiger partial charge is 0.244 e. The van der Waals surface area contributed by atoms with E-state index in [4.69, 9.17) is 34.8 Å². The Hall–Kier alpha value is -0.0400. The zero-order valence-corrected chi connectivity index (χ0v) is 13.6. The summed E-state index contributed by atoms with van der Waals surface area (Å²) in [6, 6.07) is 2.58. The van der Waals surface area contributed by atoms with Gasteiger partial charge in [0.05, 0.1) is 21.7 Å². The van der Waals surface area contributed by atoms with E-state index in [0.29, 0.717) is 0 Å². The molecule has 1 aromatic carbocycles.